The van der Waals surface area contributed by atoms with E-state index in [9.17, 15) is 31.5 Å². The van der Waals surface area contributed by atoms with Crippen LogP contribution < -0.4 is 10.3 Å². The highest BCUT2D eigenvalue weighted by molar-refractivity contribution is 7.74. The van der Waals surface area contributed by atoms with Crippen LogP contribution in [-0.4, -0.2) is 37.5 Å². The number of rotatable bonds is 6. The minimum absolute atomic E-state index is 0.0910. The lowest BCUT2D eigenvalue weighted by Crippen LogP contribution is -2.28. The zero-order valence-corrected chi connectivity index (χ0v) is 15.7. The molecule has 1 aromatic heterocycles. The van der Waals surface area contributed by atoms with Crippen molar-refractivity contribution < 1.29 is 35.6 Å². The van der Waals surface area contributed by atoms with Gasteiger partial charge in [-0.15, -0.1) is 0 Å². The van der Waals surface area contributed by atoms with Crippen LogP contribution >= 0.6 is 0 Å². The number of ether oxygens (including phenoxy) is 1. The molecular weight excluding hydrogens is 429 g/mol. The summed E-state index contributed by atoms with van der Waals surface area (Å²) >= 11 is -2.70. The van der Waals surface area contributed by atoms with E-state index in [-0.39, 0.29) is 29.5 Å². The van der Waals surface area contributed by atoms with E-state index < -0.39 is 34.8 Å². The van der Waals surface area contributed by atoms with Crippen LogP contribution in [0.2, 0.25) is 0 Å². The monoisotopic (exact) mass is 441 g/mol. The molecule has 0 aliphatic heterocycles. The van der Waals surface area contributed by atoms with Crippen molar-refractivity contribution in [2.75, 3.05) is 6.61 Å². The molecular formula is C18H12F3N2O6S-. The molecule has 0 bridgehead atoms. The fourth-order valence-electron chi connectivity index (χ4n) is 2.78. The Balaban J connectivity index is 2.12. The smallest absolute Gasteiger partial charge is 0.491 e. The highest BCUT2D eigenvalue weighted by Crippen LogP contribution is 2.33. The molecule has 0 saturated heterocycles. The van der Waals surface area contributed by atoms with Gasteiger partial charge >= 0.3 is 12.1 Å². The fourth-order valence-corrected chi connectivity index (χ4v) is 3.00. The number of hydrogen-bond donors (Lipinski definition) is 1. The molecule has 1 N–H and O–H groups in total. The Labute approximate surface area is 169 Å². The molecule has 8 nitrogen and oxygen atoms in total. The predicted molar refractivity (Wildman–Crippen MR) is 98.1 cm³/mol. The lowest BCUT2D eigenvalue weighted by Gasteiger charge is -2.14. The van der Waals surface area contributed by atoms with Crippen molar-refractivity contribution in [2.24, 2.45) is 0 Å². The van der Waals surface area contributed by atoms with Crippen molar-refractivity contribution in [3.8, 4) is 16.9 Å². The van der Waals surface area contributed by atoms with E-state index in [2.05, 4.69) is 18.9 Å². The molecule has 0 amide bonds. The molecule has 0 spiro atoms. The number of alkyl halides is 3. The summed E-state index contributed by atoms with van der Waals surface area (Å²) in [6.45, 7) is -0.168. The van der Waals surface area contributed by atoms with E-state index in [1.807, 2.05) is 0 Å². The van der Waals surface area contributed by atoms with Crippen molar-refractivity contribution in [3.63, 3.8) is 0 Å². The molecule has 3 aromatic rings. The Hall–Kier alpha value is -3.09. The molecule has 12 heteroatoms. The SMILES string of the molecule is O=C(Oc1cc(-c2ccccc2CCOS(=O)[O-])cc2c(=O)[nH]cnc12)C(F)(F)F. The van der Waals surface area contributed by atoms with E-state index in [1.54, 1.807) is 24.3 Å². The van der Waals surface area contributed by atoms with E-state index in [1.165, 1.54) is 6.07 Å². The molecule has 158 valence electrons. The number of carbonyl (C=O) groups is 1. The van der Waals surface area contributed by atoms with Crippen molar-refractivity contribution >= 4 is 28.2 Å². The number of nitrogens with zero attached hydrogens (tertiary/aromatic N) is 1. The Kier molecular flexibility index (Phi) is 6.29. The lowest BCUT2D eigenvalue weighted by molar-refractivity contribution is -0.189. The van der Waals surface area contributed by atoms with Crippen LogP contribution in [0.3, 0.4) is 0 Å². The summed E-state index contributed by atoms with van der Waals surface area (Å²) in [6, 6.07) is 9.13. The first-order chi connectivity index (χ1) is 14.2. The van der Waals surface area contributed by atoms with Gasteiger partial charge in [-0.2, -0.15) is 13.2 Å². The summed E-state index contributed by atoms with van der Waals surface area (Å²) in [5.41, 5.74) is 0.476. The van der Waals surface area contributed by atoms with Crippen molar-refractivity contribution in [2.45, 2.75) is 12.6 Å². The van der Waals surface area contributed by atoms with E-state index >= 15 is 0 Å². The molecule has 1 atom stereocenters. The number of H-pyrrole nitrogens is 1. The number of fused-ring (bicyclic) bond motifs is 1. The van der Waals surface area contributed by atoms with Crippen molar-refractivity contribution in [1.82, 2.24) is 9.97 Å². The Bertz CT molecular complexity index is 1180. The predicted octanol–water partition coefficient (Wildman–Crippen LogP) is 2.41. The summed E-state index contributed by atoms with van der Waals surface area (Å²) in [4.78, 5) is 29.7. The van der Waals surface area contributed by atoms with Gasteiger partial charge < -0.3 is 18.5 Å². The second-order valence-electron chi connectivity index (χ2n) is 5.92. The van der Waals surface area contributed by atoms with Gasteiger partial charge in [-0.3, -0.25) is 4.79 Å². The minimum Gasteiger partial charge on any atom is -0.750 e. The number of nitrogens with one attached hydrogen (secondary N) is 1. The van der Waals surface area contributed by atoms with Crippen LogP contribution in [0.5, 0.6) is 5.75 Å². The zero-order valence-electron chi connectivity index (χ0n) is 14.9. The van der Waals surface area contributed by atoms with Crippen LogP contribution in [0.15, 0.2) is 47.5 Å². The van der Waals surface area contributed by atoms with Gasteiger partial charge in [0.05, 0.1) is 29.7 Å². The van der Waals surface area contributed by atoms with E-state index in [4.69, 9.17) is 0 Å². The van der Waals surface area contributed by atoms with Gasteiger partial charge in [0.15, 0.2) is 5.75 Å². The Morgan fingerprint density at radius 2 is 1.97 bits per heavy atom. The zero-order chi connectivity index (χ0) is 21.9. The van der Waals surface area contributed by atoms with Gasteiger partial charge in [0.25, 0.3) is 5.56 Å². The maximum absolute atomic E-state index is 12.7. The number of benzene rings is 2. The van der Waals surface area contributed by atoms with Gasteiger partial charge in [-0.05, 0) is 35.2 Å². The van der Waals surface area contributed by atoms with Crippen LogP contribution in [0.1, 0.15) is 5.56 Å². The average molecular weight is 441 g/mol. The maximum atomic E-state index is 12.7. The molecule has 0 aliphatic carbocycles. The molecule has 3 rings (SSSR count). The third-order valence-electron chi connectivity index (χ3n) is 4.02. The molecule has 30 heavy (non-hydrogen) atoms. The highest BCUT2D eigenvalue weighted by Gasteiger charge is 2.41. The van der Waals surface area contributed by atoms with Gasteiger partial charge in [0.2, 0.25) is 0 Å². The minimum atomic E-state index is -5.24. The maximum Gasteiger partial charge on any atom is 0.491 e. The van der Waals surface area contributed by atoms with Gasteiger partial charge in [0, 0.05) is 0 Å². The second kappa shape index (κ2) is 8.73. The normalized spacial score (nSPS) is 12.7. The van der Waals surface area contributed by atoms with Gasteiger partial charge in [-0.1, -0.05) is 24.3 Å². The van der Waals surface area contributed by atoms with Crippen LogP contribution in [0.4, 0.5) is 13.2 Å². The molecule has 2 aromatic carbocycles. The fraction of sp³-hybridized carbons (Fsp3) is 0.167. The standard InChI is InChI=1S/C18H13F3N2O6S/c19-18(20,21)17(25)29-14-8-11(7-13-15(14)22-9-23-16(13)24)12-4-2-1-3-10(12)5-6-28-30(26)27/h1-4,7-9H,5-6H2,(H,26,27)(H,22,23,24)/p-1. The molecule has 0 aliphatic rings. The number of hydrogen-bond acceptors (Lipinski definition) is 7. The van der Waals surface area contributed by atoms with E-state index in [0.717, 1.165) is 12.4 Å². The van der Waals surface area contributed by atoms with Crippen molar-refractivity contribution in [1.29, 1.82) is 0 Å². The van der Waals surface area contributed by atoms with Gasteiger partial charge in [-0.25, -0.2) is 14.0 Å². The molecule has 1 unspecified atom stereocenters. The molecule has 1 heterocycles. The number of esters is 1. The molecule has 0 fully saturated rings. The summed E-state index contributed by atoms with van der Waals surface area (Å²) in [5, 5.41) is -0.0910. The average Bonchev–Trinajstić information content (AvgIpc) is 2.68. The molecule has 0 radical (unpaired) electrons. The number of aromatic nitrogens is 2. The summed E-state index contributed by atoms with van der Waals surface area (Å²) in [7, 11) is 0. The first kappa shape index (κ1) is 21.6. The van der Waals surface area contributed by atoms with Gasteiger partial charge in [0.1, 0.15) is 5.52 Å². The summed E-state index contributed by atoms with van der Waals surface area (Å²) in [5.74, 6) is -3.00. The Morgan fingerprint density at radius 3 is 2.67 bits per heavy atom. The quantitative estimate of drug-likeness (QED) is 0.354. The first-order valence-electron chi connectivity index (χ1n) is 8.28. The summed E-state index contributed by atoms with van der Waals surface area (Å²) < 4.78 is 68.1. The highest BCUT2D eigenvalue weighted by atomic mass is 32.2. The van der Waals surface area contributed by atoms with Crippen molar-refractivity contribution in [3.05, 3.63) is 58.6 Å². The third-order valence-corrected chi connectivity index (χ3v) is 4.38. The largest absolute Gasteiger partial charge is 0.750 e. The van der Waals surface area contributed by atoms with E-state index in [0.29, 0.717) is 11.1 Å². The topological polar surface area (TPSA) is 121 Å². The number of aromatic amines is 1. The third kappa shape index (κ3) is 4.90. The van der Waals surface area contributed by atoms with Crippen LogP contribution in [0.25, 0.3) is 22.0 Å². The molecule has 0 saturated carbocycles. The Morgan fingerprint density at radius 1 is 1.23 bits per heavy atom. The number of halogens is 3. The first-order valence-corrected chi connectivity index (χ1v) is 9.28. The van der Waals surface area contributed by atoms with Crippen LogP contribution in [0, 0.1) is 0 Å². The summed E-state index contributed by atoms with van der Waals surface area (Å²) in [6.07, 6.45) is -4.11. The van der Waals surface area contributed by atoms with Crippen LogP contribution in [-0.2, 0) is 26.8 Å². The second-order valence-corrected chi connectivity index (χ2v) is 6.57. The number of carbonyl (C=O) groups excluding carboxylic acids is 1. The lowest BCUT2D eigenvalue weighted by atomic mass is 9.96.